The third kappa shape index (κ3) is 4.21. The molecule has 0 fully saturated rings. The summed E-state index contributed by atoms with van der Waals surface area (Å²) in [5.41, 5.74) is 3.14. The van der Waals surface area contributed by atoms with Crippen LogP contribution in [0.1, 0.15) is 35.6 Å². The van der Waals surface area contributed by atoms with Crippen LogP contribution in [-0.2, 0) is 16.0 Å². The Morgan fingerprint density at radius 3 is 2.67 bits per heavy atom. The van der Waals surface area contributed by atoms with Gasteiger partial charge in [0.15, 0.2) is 0 Å². The highest BCUT2D eigenvalue weighted by molar-refractivity contribution is 8.00. The highest BCUT2D eigenvalue weighted by Crippen LogP contribution is 2.43. The first kappa shape index (κ1) is 19.5. The molecule has 0 spiro atoms. The zero-order valence-electron chi connectivity index (χ0n) is 16.2. The smallest absolute Gasteiger partial charge is 0.316 e. The summed E-state index contributed by atoms with van der Waals surface area (Å²) in [6, 6.07) is 3.73. The Hall–Kier alpha value is -2.21. The number of phenolic OH excluding ortho intramolecular Hbond substituents is 1. The second-order valence-electron chi connectivity index (χ2n) is 7.22. The number of pyridine rings is 1. The summed E-state index contributed by atoms with van der Waals surface area (Å²) in [5, 5.41) is 10.3. The molecule has 0 saturated heterocycles. The Kier molecular flexibility index (Phi) is 5.65. The van der Waals surface area contributed by atoms with Gasteiger partial charge in [-0.25, -0.2) is 0 Å². The predicted octanol–water partition coefficient (Wildman–Crippen LogP) is 4.13. The van der Waals surface area contributed by atoms with Gasteiger partial charge in [0, 0.05) is 22.9 Å². The van der Waals surface area contributed by atoms with Crippen LogP contribution in [0.4, 0.5) is 0 Å². The average Bonchev–Trinajstić information content (AvgIpc) is 2.68. The Balaban J connectivity index is 1.62. The highest BCUT2D eigenvalue weighted by atomic mass is 32.2. The van der Waals surface area contributed by atoms with E-state index in [0.717, 1.165) is 45.7 Å². The van der Waals surface area contributed by atoms with Gasteiger partial charge in [-0.3, -0.25) is 9.78 Å². The van der Waals surface area contributed by atoms with E-state index in [0.29, 0.717) is 5.75 Å². The van der Waals surface area contributed by atoms with Crippen LogP contribution in [0.2, 0.25) is 0 Å². The summed E-state index contributed by atoms with van der Waals surface area (Å²) in [5.74, 6) is 1.15. The molecule has 2 heterocycles. The van der Waals surface area contributed by atoms with Crippen LogP contribution in [0, 0.1) is 20.8 Å². The number of aromatic nitrogens is 1. The Morgan fingerprint density at radius 1 is 1.26 bits per heavy atom. The number of thioether (sulfide) groups is 1. The fourth-order valence-corrected chi connectivity index (χ4v) is 3.93. The van der Waals surface area contributed by atoms with Gasteiger partial charge in [0.1, 0.15) is 23.7 Å². The minimum Gasteiger partial charge on any atom is -0.507 e. The van der Waals surface area contributed by atoms with E-state index in [9.17, 15) is 9.90 Å². The molecule has 1 atom stereocenters. The molecule has 0 amide bonds. The molecule has 1 N–H and O–H groups in total. The number of nitrogens with zero attached hydrogens (tertiary/aromatic N) is 1. The number of rotatable bonds is 5. The third-order valence-corrected chi connectivity index (χ3v) is 6.12. The van der Waals surface area contributed by atoms with Crippen molar-refractivity contribution >= 4 is 17.7 Å². The molecule has 27 heavy (non-hydrogen) atoms. The van der Waals surface area contributed by atoms with Crippen LogP contribution in [0.15, 0.2) is 29.4 Å². The maximum Gasteiger partial charge on any atom is 0.316 e. The number of ether oxygens (including phenoxy) is 2. The molecule has 1 aromatic carbocycles. The highest BCUT2D eigenvalue weighted by Gasteiger charge is 2.35. The number of phenols is 1. The molecule has 0 radical (unpaired) electrons. The van der Waals surface area contributed by atoms with E-state index in [4.69, 9.17) is 9.47 Å². The minimum absolute atomic E-state index is 0.209. The van der Waals surface area contributed by atoms with Gasteiger partial charge in [0.05, 0.1) is 5.75 Å². The number of carbonyl (C=O) groups excluding carboxylic acids is 1. The van der Waals surface area contributed by atoms with Crippen molar-refractivity contribution in [3.8, 4) is 11.5 Å². The molecule has 0 saturated carbocycles. The zero-order chi connectivity index (χ0) is 19.6. The van der Waals surface area contributed by atoms with Crippen molar-refractivity contribution in [1.29, 1.82) is 0 Å². The lowest BCUT2D eigenvalue weighted by Gasteiger charge is -2.37. The summed E-state index contributed by atoms with van der Waals surface area (Å²) in [6.07, 6.45) is 4.92. The second-order valence-corrected chi connectivity index (χ2v) is 8.26. The fourth-order valence-electron chi connectivity index (χ4n) is 3.25. The largest absolute Gasteiger partial charge is 0.507 e. The molecule has 144 valence electrons. The van der Waals surface area contributed by atoms with Crippen molar-refractivity contribution < 1.29 is 19.4 Å². The molecule has 1 aliphatic rings. The van der Waals surface area contributed by atoms with E-state index < -0.39 is 5.60 Å². The Labute approximate surface area is 164 Å². The van der Waals surface area contributed by atoms with Crippen molar-refractivity contribution in [2.45, 2.75) is 51.0 Å². The van der Waals surface area contributed by atoms with Crippen molar-refractivity contribution in [2.75, 3.05) is 12.4 Å². The predicted molar refractivity (Wildman–Crippen MR) is 106 cm³/mol. The maximum atomic E-state index is 12.1. The van der Waals surface area contributed by atoms with Gasteiger partial charge in [-0.15, -0.1) is 11.8 Å². The van der Waals surface area contributed by atoms with Crippen LogP contribution < -0.4 is 4.74 Å². The SMILES string of the molecule is Cc1c(C)c2c(c(C)c1O)CCC(C)(COC(=O)CSc1ccncc1)O2. The second kappa shape index (κ2) is 7.80. The summed E-state index contributed by atoms with van der Waals surface area (Å²) in [4.78, 5) is 17.1. The molecule has 0 bridgehead atoms. The van der Waals surface area contributed by atoms with Crippen molar-refractivity contribution in [2.24, 2.45) is 0 Å². The lowest BCUT2D eigenvalue weighted by molar-refractivity contribution is -0.146. The van der Waals surface area contributed by atoms with E-state index in [1.54, 1.807) is 12.4 Å². The molecular weight excluding hydrogens is 362 g/mol. The van der Waals surface area contributed by atoms with Crippen molar-refractivity contribution in [3.05, 3.63) is 46.8 Å². The van der Waals surface area contributed by atoms with Gasteiger partial charge in [-0.1, -0.05) is 0 Å². The molecular formula is C21H25NO4S. The summed E-state index contributed by atoms with van der Waals surface area (Å²) in [6.45, 7) is 7.94. The van der Waals surface area contributed by atoms with Crippen LogP contribution in [-0.4, -0.2) is 34.0 Å². The normalized spacial score (nSPS) is 18.5. The number of hydrogen-bond donors (Lipinski definition) is 1. The molecule has 6 heteroatoms. The van der Waals surface area contributed by atoms with E-state index in [-0.39, 0.29) is 18.3 Å². The zero-order valence-corrected chi connectivity index (χ0v) is 17.0. The summed E-state index contributed by atoms with van der Waals surface area (Å²) in [7, 11) is 0. The standard InChI is InChI=1S/C21H25NO4S/c1-13-14(2)20-17(15(3)19(13)24)5-8-21(4,26-20)12-25-18(23)11-27-16-6-9-22-10-7-16/h6-7,9-10,24H,5,8,11-12H2,1-4H3. The van der Waals surface area contributed by atoms with Crippen LogP contribution >= 0.6 is 11.8 Å². The molecule has 1 aliphatic heterocycles. The van der Waals surface area contributed by atoms with Gasteiger partial charge < -0.3 is 14.6 Å². The van der Waals surface area contributed by atoms with Crippen LogP contribution in [0.25, 0.3) is 0 Å². The van der Waals surface area contributed by atoms with Crippen LogP contribution in [0.5, 0.6) is 11.5 Å². The van der Waals surface area contributed by atoms with E-state index in [1.807, 2.05) is 39.8 Å². The number of hydrogen-bond acceptors (Lipinski definition) is 6. The summed E-state index contributed by atoms with van der Waals surface area (Å²) >= 11 is 1.43. The Bertz CT molecular complexity index is 853. The van der Waals surface area contributed by atoms with Crippen LogP contribution in [0.3, 0.4) is 0 Å². The topological polar surface area (TPSA) is 68.7 Å². The number of benzene rings is 1. The Morgan fingerprint density at radius 2 is 1.96 bits per heavy atom. The van der Waals surface area contributed by atoms with E-state index in [1.165, 1.54) is 11.8 Å². The monoisotopic (exact) mass is 387 g/mol. The van der Waals surface area contributed by atoms with Gasteiger partial charge in [0.2, 0.25) is 0 Å². The summed E-state index contributed by atoms with van der Waals surface area (Å²) < 4.78 is 11.8. The molecule has 3 rings (SSSR count). The minimum atomic E-state index is -0.565. The fraction of sp³-hybridized carbons (Fsp3) is 0.429. The average molecular weight is 388 g/mol. The molecule has 1 unspecified atom stereocenters. The molecule has 0 aliphatic carbocycles. The quantitative estimate of drug-likeness (QED) is 0.614. The first-order valence-corrected chi connectivity index (χ1v) is 9.98. The third-order valence-electron chi connectivity index (χ3n) is 5.14. The van der Waals surface area contributed by atoms with E-state index in [2.05, 4.69) is 4.98 Å². The first-order valence-electron chi connectivity index (χ1n) is 9.00. The maximum absolute atomic E-state index is 12.1. The lowest BCUT2D eigenvalue weighted by Crippen LogP contribution is -2.42. The molecule has 2 aromatic rings. The first-order chi connectivity index (χ1) is 12.8. The van der Waals surface area contributed by atoms with Gasteiger partial charge in [0.25, 0.3) is 0 Å². The number of fused-ring (bicyclic) bond motifs is 1. The lowest BCUT2D eigenvalue weighted by atomic mass is 9.87. The molecule has 5 nitrogen and oxygen atoms in total. The number of esters is 1. The number of carbonyl (C=O) groups is 1. The van der Waals surface area contributed by atoms with Gasteiger partial charge >= 0.3 is 5.97 Å². The number of aromatic hydroxyl groups is 1. The van der Waals surface area contributed by atoms with Crippen molar-refractivity contribution in [3.63, 3.8) is 0 Å². The van der Waals surface area contributed by atoms with E-state index >= 15 is 0 Å². The van der Waals surface area contributed by atoms with Gasteiger partial charge in [-0.05, 0) is 69.4 Å². The van der Waals surface area contributed by atoms with Crippen molar-refractivity contribution in [1.82, 2.24) is 4.98 Å². The molecule has 1 aromatic heterocycles. The van der Waals surface area contributed by atoms with Gasteiger partial charge in [-0.2, -0.15) is 0 Å².